The second kappa shape index (κ2) is 15.8. The van der Waals surface area contributed by atoms with Crippen LogP contribution in [0.1, 0.15) is 112 Å². The van der Waals surface area contributed by atoms with Crippen molar-refractivity contribution >= 4 is 35.3 Å². The molecule has 5 amide bonds. The first-order valence-corrected chi connectivity index (χ1v) is 16.7. The lowest BCUT2D eigenvalue weighted by Gasteiger charge is -2.35. The van der Waals surface area contributed by atoms with Crippen molar-refractivity contribution in [2.75, 3.05) is 13.6 Å². The van der Waals surface area contributed by atoms with Gasteiger partial charge in [-0.05, 0) is 63.2 Å². The SMILES string of the molecule is CC(C)C[C@@H](C(=O)N[C@@H](C[C@@H]1CCCNC1=O)C(=O)C(=O)NC1CCCC1)N(C)C(=O)[C@H](NC(=O)C(C)(C)C)C1CCCC1. The van der Waals surface area contributed by atoms with Crippen molar-refractivity contribution in [3.05, 3.63) is 0 Å². The zero-order valence-electron chi connectivity index (χ0n) is 27.6. The molecule has 1 aliphatic heterocycles. The van der Waals surface area contributed by atoms with Crippen LogP contribution < -0.4 is 21.3 Å². The molecule has 0 radical (unpaired) electrons. The Bertz CT molecular complexity index is 1060. The van der Waals surface area contributed by atoms with E-state index in [-0.39, 0.29) is 42.0 Å². The van der Waals surface area contributed by atoms with Gasteiger partial charge in [-0.3, -0.25) is 28.8 Å². The summed E-state index contributed by atoms with van der Waals surface area (Å²) in [6.07, 6.45) is 8.77. The lowest BCUT2D eigenvalue weighted by molar-refractivity contribution is -0.146. The molecule has 3 fully saturated rings. The summed E-state index contributed by atoms with van der Waals surface area (Å²) in [6, 6.07) is -2.99. The number of piperidine rings is 1. The third-order valence-corrected chi connectivity index (χ3v) is 9.38. The first kappa shape index (κ1) is 35.5. The van der Waals surface area contributed by atoms with Crippen molar-refractivity contribution < 1.29 is 28.8 Å². The molecule has 248 valence electrons. The van der Waals surface area contributed by atoms with E-state index in [9.17, 15) is 28.8 Å². The van der Waals surface area contributed by atoms with Gasteiger partial charge in [0.25, 0.3) is 5.91 Å². The minimum absolute atomic E-state index is 0.00684. The number of amides is 5. The van der Waals surface area contributed by atoms with Crippen molar-refractivity contribution in [2.24, 2.45) is 23.2 Å². The number of nitrogens with zero attached hydrogens (tertiary/aromatic N) is 1. The number of hydrogen-bond acceptors (Lipinski definition) is 6. The maximum atomic E-state index is 14.0. The van der Waals surface area contributed by atoms with Crippen LogP contribution in [0.2, 0.25) is 0 Å². The Kier molecular flexibility index (Phi) is 12.8. The first-order valence-electron chi connectivity index (χ1n) is 16.7. The van der Waals surface area contributed by atoms with E-state index in [2.05, 4.69) is 21.3 Å². The van der Waals surface area contributed by atoms with E-state index in [1.807, 2.05) is 13.8 Å². The second-order valence-corrected chi connectivity index (χ2v) is 14.6. The number of nitrogens with one attached hydrogen (secondary N) is 4. The molecule has 0 spiro atoms. The smallest absolute Gasteiger partial charge is 0.289 e. The summed E-state index contributed by atoms with van der Waals surface area (Å²) < 4.78 is 0. The average molecular weight is 618 g/mol. The summed E-state index contributed by atoms with van der Waals surface area (Å²) in [5.74, 6) is -3.37. The number of ketones is 1. The molecule has 1 heterocycles. The molecule has 3 aliphatic rings. The van der Waals surface area contributed by atoms with Gasteiger partial charge in [0.2, 0.25) is 29.4 Å². The summed E-state index contributed by atoms with van der Waals surface area (Å²) in [6.45, 7) is 9.83. The van der Waals surface area contributed by atoms with Crippen molar-refractivity contribution in [3.8, 4) is 0 Å². The van der Waals surface area contributed by atoms with Crippen LogP contribution in [0.4, 0.5) is 0 Å². The molecular formula is C33H55N5O6. The van der Waals surface area contributed by atoms with E-state index in [1.165, 1.54) is 4.90 Å². The number of rotatable bonds is 13. The third kappa shape index (κ3) is 9.76. The maximum absolute atomic E-state index is 14.0. The fourth-order valence-electron chi connectivity index (χ4n) is 6.62. The fraction of sp³-hybridized carbons (Fsp3) is 0.818. The molecule has 11 heteroatoms. The summed E-state index contributed by atoms with van der Waals surface area (Å²) in [7, 11) is 1.57. The molecular weight excluding hydrogens is 562 g/mol. The lowest BCUT2D eigenvalue weighted by atomic mass is 9.89. The molecule has 3 rings (SSSR count). The Morgan fingerprint density at radius 3 is 2.09 bits per heavy atom. The Morgan fingerprint density at radius 2 is 1.52 bits per heavy atom. The monoisotopic (exact) mass is 617 g/mol. The van der Waals surface area contributed by atoms with Gasteiger partial charge in [-0.25, -0.2) is 0 Å². The van der Waals surface area contributed by atoms with E-state index < -0.39 is 47.1 Å². The number of likely N-dealkylation sites (N-methyl/N-ethyl adjacent to an activating group) is 1. The second-order valence-electron chi connectivity index (χ2n) is 14.6. The molecule has 4 atom stereocenters. The van der Waals surface area contributed by atoms with Gasteiger partial charge in [-0.2, -0.15) is 0 Å². The molecule has 4 N–H and O–H groups in total. The minimum Gasteiger partial charge on any atom is -0.356 e. The Morgan fingerprint density at radius 1 is 0.909 bits per heavy atom. The predicted molar refractivity (Wildman–Crippen MR) is 167 cm³/mol. The van der Waals surface area contributed by atoms with Crippen LogP contribution in [0.15, 0.2) is 0 Å². The molecule has 0 aromatic heterocycles. The van der Waals surface area contributed by atoms with Crippen LogP contribution in [0.3, 0.4) is 0 Å². The summed E-state index contributed by atoms with van der Waals surface area (Å²) >= 11 is 0. The molecule has 2 aliphatic carbocycles. The zero-order chi connectivity index (χ0) is 32.6. The highest BCUT2D eigenvalue weighted by Gasteiger charge is 2.41. The molecule has 11 nitrogen and oxygen atoms in total. The summed E-state index contributed by atoms with van der Waals surface area (Å²) in [5, 5.41) is 11.4. The van der Waals surface area contributed by atoms with Gasteiger partial charge in [0.1, 0.15) is 12.1 Å². The molecule has 0 aromatic carbocycles. The lowest BCUT2D eigenvalue weighted by Crippen LogP contribution is -2.59. The van der Waals surface area contributed by atoms with Crippen LogP contribution >= 0.6 is 0 Å². The highest BCUT2D eigenvalue weighted by Crippen LogP contribution is 2.30. The number of carbonyl (C=O) groups excluding carboxylic acids is 6. The van der Waals surface area contributed by atoms with Crippen LogP contribution in [-0.4, -0.2) is 78.0 Å². The van der Waals surface area contributed by atoms with E-state index in [1.54, 1.807) is 27.8 Å². The van der Waals surface area contributed by atoms with Crippen LogP contribution in [0.5, 0.6) is 0 Å². The standard InChI is InChI=1S/C33H55N5O6/c1-20(2)18-25(38(6)31(43)26(21-12-7-8-13-21)37-32(44)33(3,4)5)29(41)36-24(19-22-14-11-17-34-28(22)40)27(39)30(42)35-23-15-9-10-16-23/h20-26H,7-19H2,1-6H3,(H,34,40)(H,35,42)(H,36,41)(H,37,44)/t22-,24-,25-,26+/m0/s1. The van der Waals surface area contributed by atoms with Crippen LogP contribution in [0.25, 0.3) is 0 Å². The maximum Gasteiger partial charge on any atom is 0.289 e. The molecule has 1 saturated heterocycles. The van der Waals surface area contributed by atoms with E-state index in [0.717, 1.165) is 57.8 Å². The molecule has 2 saturated carbocycles. The van der Waals surface area contributed by atoms with Crippen molar-refractivity contribution in [1.82, 2.24) is 26.2 Å². The zero-order valence-corrected chi connectivity index (χ0v) is 27.6. The number of Topliss-reactive ketones (excluding diaryl/α,β-unsaturated/α-hetero) is 1. The van der Waals surface area contributed by atoms with Crippen LogP contribution in [-0.2, 0) is 28.8 Å². The van der Waals surface area contributed by atoms with Crippen molar-refractivity contribution in [2.45, 2.75) is 136 Å². The van der Waals surface area contributed by atoms with Crippen molar-refractivity contribution in [3.63, 3.8) is 0 Å². The predicted octanol–water partition coefficient (Wildman–Crippen LogP) is 2.61. The summed E-state index contributed by atoms with van der Waals surface area (Å²) in [4.78, 5) is 81.6. The van der Waals surface area contributed by atoms with Gasteiger partial charge >= 0.3 is 0 Å². The van der Waals surface area contributed by atoms with Crippen molar-refractivity contribution in [1.29, 1.82) is 0 Å². The van der Waals surface area contributed by atoms with Gasteiger partial charge < -0.3 is 26.2 Å². The first-order chi connectivity index (χ1) is 20.7. The fourth-order valence-corrected chi connectivity index (χ4v) is 6.62. The largest absolute Gasteiger partial charge is 0.356 e. The number of carbonyl (C=O) groups is 6. The quantitative estimate of drug-likeness (QED) is 0.233. The van der Waals surface area contributed by atoms with Gasteiger partial charge in [-0.15, -0.1) is 0 Å². The highest BCUT2D eigenvalue weighted by atomic mass is 16.2. The van der Waals surface area contributed by atoms with Crippen LogP contribution in [0, 0.1) is 23.2 Å². The average Bonchev–Trinajstić information content (AvgIpc) is 3.68. The molecule has 0 unspecified atom stereocenters. The molecule has 44 heavy (non-hydrogen) atoms. The Labute approximate surface area is 262 Å². The molecule has 0 aromatic rings. The normalized spacial score (nSPS) is 21.7. The Hall–Kier alpha value is -2.98. The minimum atomic E-state index is -1.21. The molecule has 0 bridgehead atoms. The van der Waals surface area contributed by atoms with Gasteiger partial charge in [-0.1, -0.05) is 60.3 Å². The van der Waals surface area contributed by atoms with Gasteiger partial charge in [0.15, 0.2) is 0 Å². The van der Waals surface area contributed by atoms with Gasteiger partial charge in [0, 0.05) is 31.0 Å². The van der Waals surface area contributed by atoms with E-state index >= 15 is 0 Å². The third-order valence-electron chi connectivity index (χ3n) is 9.38. The Balaban J connectivity index is 1.84. The number of hydrogen-bond donors (Lipinski definition) is 4. The topological polar surface area (TPSA) is 154 Å². The summed E-state index contributed by atoms with van der Waals surface area (Å²) in [5.41, 5.74) is -0.692. The van der Waals surface area contributed by atoms with E-state index in [4.69, 9.17) is 0 Å². The van der Waals surface area contributed by atoms with E-state index in [0.29, 0.717) is 19.4 Å². The highest BCUT2D eigenvalue weighted by molar-refractivity contribution is 6.38. The van der Waals surface area contributed by atoms with Gasteiger partial charge in [0.05, 0.1) is 6.04 Å².